The van der Waals surface area contributed by atoms with E-state index in [1.807, 2.05) is 0 Å². The van der Waals surface area contributed by atoms with Crippen molar-refractivity contribution in [2.75, 3.05) is 19.8 Å². The lowest BCUT2D eigenvalue weighted by atomic mass is 9.97. The minimum Gasteiger partial charge on any atom is -0.379 e. The molecule has 0 fully saturated rings. The Bertz CT molecular complexity index is 472. The second-order valence-electron chi connectivity index (χ2n) is 5.13. The van der Waals surface area contributed by atoms with Gasteiger partial charge in [-0.25, -0.2) is 0 Å². The third-order valence-electron chi connectivity index (χ3n) is 3.06. The first-order valence-electron chi connectivity index (χ1n) is 6.98. The fourth-order valence-electron chi connectivity index (χ4n) is 1.42. The van der Waals surface area contributed by atoms with Gasteiger partial charge in [-0.05, 0) is 6.42 Å². The lowest BCUT2D eigenvalue weighted by Crippen LogP contribution is -2.70. The molecule has 0 radical (unpaired) electrons. The SMILES string of the molecule is CCCCOCCOC(F)(F)C(F)(F)C(F)(F)C(F)(F)C(F)(F)C(F)(F)F. The van der Waals surface area contributed by atoms with Crippen molar-refractivity contribution in [2.24, 2.45) is 0 Å². The Morgan fingerprint density at radius 2 is 1.00 bits per heavy atom. The van der Waals surface area contributed by atoms with Crippen molar-refractivity contribution in [3.05, 3.63) is 0 Å². The van der Waals surface area contributed by atoms with Gasteiger partial charge in [0.15, 0.2) is 0 Å². The van der Waals surface area contributed by atoms with E-state index in [0.717, 1.165) is 0 Å². The molecule has 164 valence electrons. The molecule has 0 unspecified atom stereocenters. The maximum atomic E-state index is 13.2. The number of hydrogen-bond donors (Lipinski definition) is 0. The van der Waals surface area contributed by atoms with Gasteiger partial charge in [-0.15, -0.1) is 0 Å². The van der Waals surface area contributed by atoms with Crippen LogP contribution < -0.4 is 0 Å². The van der Waals surface area contributed by atoms with E-state index in [2.05, 4.69) is 9.47 Å². The largest absolute Gasteiger partial charge is 0.460 e. The van der Waals surface area contributed by atoms with Gasteiger partial charge in [0.1, 0.15) is 0 Å². The molecule has 0 aromatic carbocycles. The standard InChI is InChI=1S/C12H13F13O2/c1-2-3-4-26-5-6-27-12(24,25)10(19,20)8(15,16)7(13,14)9(17,18)11(21,22)23/h2-6H2,1H3. The third-order valence-corrected chi connectivity index (χ3v) is 3.06. The van der Waals surface area contributed by atoms with Crippen LogP contribution in [0.25, 0.3) is 0 Å². The molecule has 0 saturated heterocycles. The van der Waals surface area contributed by atoms with Gasteiger partial charge in [-0.1, -0.05) is 13.3 Å². The van der Waals surface area contributed by atoms with Gasteiger partial charge in [-0.3, -0.25) is 0 Å². The molecular formula is C12H13F13O2. The van der Waals surface area contributed by atoms with Crippen LogP contribution in [-0.4, -0.2) is 55.8 Å². The van der Waals surface area contributed by atoms with E-state index in [1.165, 1.54) is 0 Å². The molecule has 0 aromatic rings. The van der Waals surface area contributed by atoms with Crippen LogP contribution in [0.1, 0.15) is 19.8 Å². The van der Waals surface area contributed by atoms with E-state index in [4.69, 9.17) is 0 Å². The van der Waals surface area contributed by atoms with Crippen LogP contribution >= 0.6 is 0 Å². The van der Waals surface area contributed by atoms with E-state index >= 15 is 0 Å². The van der Waals surface area contributed by atoms with E-state index in [-0.39, 0.29) is 6.61 Å². The van der Waals surface area contributed by atoms with Gasteiger partial charge in [0.2, 0.25) is 0 Å². The first kappa shape index (κ1) is 26.0. The molecule has 0 aliphatic heterocycles. The highest BCUT2D eigenvalue weighted by Gasteiger charge is 2.91. The second kappa shape index (κ2) is 8.17. The zero-order chi connectivity index (χ0) is 21.9. The monoisotopic (exact) mass is 436 g/mol. The van der Waals surface area contributed by atoms with Crippen molar-refractivity contribution in [1.29, 1.82) is 0 Å². The highest BCUT2D eigenvalue weighted by molar-refractivity contribution is 5.08. The second-order valence-corrected chi connectivity index (χ2v) is 5.13. The minimum atomic E-state index is -7.92. The van der Waals surface area contributed by atoms with Crippen molar-refractivity contribution in [3.8, 4) is 0 Å². The quantitative estimate of drug-likeness (QED) is 0.314. The number of hydrogen-bond acceptors (Lipinski definition) is 2. The van der Waals surface area contributed by atoms with Crippen LogP contribution in [0.5, 0.6) is 0 Å². The Kier molecular flexibility index (Phi) is 7.87. The van der Waals surface area contributed by atoms with Crippen molar-refractivity contribution >= 4 is 0 Å². The summed E-state index contributed by atoms with van der Waals surface area (Å²) >= 11 is 0. The maximum absolute atomic E-state index is 13.2. The van der Waals surface area contributed by atoms with Gasteiger partial charge < -0.3 is 9.47 Å². The van der Waals surface area contributed by atoms with E-state index in [0.29, 0.717) is 12.8 Å². The first-order chi connectivity index (χ1) is 11.8. The average molecular weight is 436 g/mol. The molecule has 0 heterocycles. The molecule has 27 heavy (non-hydrogen) atoms. The molecule has 0 N–H and O–H groups in total. The van der Waals surface area contributed by atoms with E-state index < -0.39 is 49.2 Å². The summed E-state index contributed by atoms with van der Waals surface area (Å²) < 4.78 is 173. The van der Waals surface area contributed by atoms with Crippen molar-refractivity contribution in [2.45, 2.75) is 55.7 Å². The fraction of sp³-hybridized carbons (Fsp3) is 1.00. The smallest absolute Gasteiger partial charge is 0.379 e. The van der Waals surface area contributed by atoms with Crippen molar-refractivity contribution < 1.29 is 66.5 Å². The molecule has 0 aliphatic rings. The van der Waals surface area contributed by atoms with Crippen LogP contribution in [0.3, 0.4) is 0 Å². The van der Waals surface area contributed by atoms with Gasteiger partial charge in [-0.2, -0.15) is 57.1 Å². The molecule has 0 amide bonds. The summed E-state index contributed by atoms with van der Waals surface area (Å²) in [5.41, 5.74) is 0. The summed E-state index contributed by atoms with van der Waals surface area (Å²) in [6.45, 7) is -0.878. The third kappa shape index (κ3) is 4.71. The molecular weight excluding hydrogens is 423 g/mol. The van der Waals surface area contributed by atoms with Crippen LogP contribution in [-0.2, 0) is 9.47 Å². The van der Waals surface area contributed by atoms with Crippen LogP contribution in [0.2, 0.25) is 0 Å². The van der Waals surface area contributed by atoms with Crippen molar-refractivity contribution in [3.63, 3.8) is 0 Å². The Morgan fingerprint density at radius 1 is 0.556 bits per heavy atom. The topological polar surface area (TPSA) is 18.5 Å². The number of alkyl halides is 13. The highest BCUT2D eigenvalue weighted by Crippen LogP contribution is 2.60. The molecule has 0 aromatic heterocycles. The number of unbranched alkanes of at least 4 members (excludes halogenated alkanes) is 1. The molecule has 0 rings (SSSR count). The summed E-state index contributed by atoms with van der Waals surface area (Å²) in [7, 11) is 0. The highest BCUT2D eigenvalue weighted by atomic mass is 19.4. The lowest BCUT2D eigenvalue weighted by Gasteiger charge is -2.39. The first-order valence-corrected chi connectivity index (χ1v) is 6.98. The molecule has 0 bridgehead atoms. The van der Waals surface area contributed by atoms with Crippen LogP contribution in [0.15, 0.2) is 0 Å². The summed E-state index contributed by atoms with van der Waals surface area (Å²) in [5.74, 6) is -30.9. The Labute approximate surface area is 143 Å². The van der Waals surface area contributed by atoms with E-state index in [9.17, 15) is 57.1 Å². The average Bonchev–Trinajstić information content (AvgIpc) is 2.48. The minimum absolute atomic E-state index is 0.0894. The van der Waals surface area contributed by atoms with Gasteiger partial charge >= 0.3 is 36.0 Å². The predicted molar refractivity (Wildman–Crippen MR) is 62.5 cm³/mol. The summed E-state index contributed by atoms with van der Waals surface area (Å²) in [6, 6.07) is 0. The van der Waals surface area contributed by atoms with Crippen LogP contribution in [0.4, 0.5) is 57.1 Å². The van der Waals surface area contributed by atoms with Gasteiger partial charge in [0.05, 0.1) is 13.2 Å². The molecule has 0 atom stereocenters. The molecule has 2 nitrogen and oxygen atoms in total. The van der Waals surface area contributed by atoms with E-state index in [1.54, 1.807) is 6.92 Å². The number of ether oxygens (including phenoxy) is 2. The summed E-state index contributed by atoms with van der Waals surface area (Å²) in [5, 5.41) is 0. The fourth-order valence-corrected chi connectivity index (χ4v) is 1.42. The van der Waals surface area contributed by atoms with Gasteiger partial charge in [0.25, 0.3) is 0 Å². The van der Waals surface area contributed by atoms with Crippen molar-refractivity contribution in [1.82, 2.24) is 0 Å². The predicted octanol–water partition coefficient (Wildman–Crippen LogP) is 5.52. The number of rotatable bonds is 11. The zero-order valence-corrected chi connectivity index (χ0v) is 13.3. The lowest BCUT2D eigenvalue weighted by molar-refractivity contribution is -0.466. The molecule has 15 heteroatoms. The normalized spacial score (nSPS) is 15.3. The summed E-state index contributed by atoms with van der Waals surface area (Å²) in [4.78, 5) is 0. The maximum Gasteiger partial charge on any atom is 0.460 e. The Morgan fingerprint density at radius 3 is 1.41 bits per heavy atom. The molecule has 0 saturated carbocycles. The Balaban J connectivity index is 5.50. The molecule has 0 aliphatic carbocycles. The number of halogens is 13. The van der Waals surface area contributed by atoms with Gasteiger partial charge in [0, 0.05) is 6.61 Å². The zero-order valence-electron chi connectivity index (χ0n) is 13.3. The van der Waals surface area contributed by atoms with Crippen LogP contribution in [0, 0.1) is 0 Å². The molecule has 0 spiro atoms. The Hall–Kier alpha value is -0.990. The summed E-state index contributed by atoms with van der Waals surface area (Å²) in [6.07, 6.45) is -13.0.